The zero-order valence-electron chi connectivity index (χ0n) is 30.9. The predicted octanol–water partition coefficient (Wildman–Crippen LogP) is 3.39. The van der Waals surface area contributed by atoms with Crippen LogP contribution in [-0.2, 0) is 9.59 Å². The summed E-state index contributed by atoms with van der Waals surface area (Å²) in [6.45, 7) is 1.05. The number of amides is 2. The smallest absolute Gasteiger partial charge is 0.497 e. The fraction of sp³-hybridized carbons (Fsp3) is 0.263. The molecule has 10 nitrogen and oxygen atoms in total. The summed E-state index contributed by atoms with van der Waals surface area (Å²) < 4.78 is 41.4. The van der Waals surface area contributed by atoms with Gasteiger partial charge in [-0.1, -0.05) is 35.5 Å². The molecule has 0 spiro atoms. The van der Waals surface area contributed by atoms with E-state index in [9.17, 15) is 32.7 Å². The summed E-state index contributed by atoms with van der Waals surface area (Å²) in [5.74, 6) is 11.9. The Labute approximate surface area is 392 Å². The van der Waals surface area contributed by atoms with Gasteiger partial charge in [0, 0.05) is 75.4 Å². The number of nitrogens with zero attached hydrogens (tertiary/aromatic N) is 4. The van der Waals surface area contributed by atoms with E-state index >= 15 is 0 Å². The standard InChI is InChI=1S/C19H17BrN2O3.C13H12NO2.C6H5Br2NO.BF3.K/c1-22-9-8-19(24,18(22)23)7-6-13-4-3-5-14(10-13)16-11-15(25-2)12-17(20)21-16;1-14-10-9-13(16,12(14)15)8-7-11-5-3-2-4-6-11;1-10-4-2-5(7)9-6(8)3-4;2-1(3)4;/h3-5,10-12,24H,8-9H2,1-2H3;2-3,5-6,16H,9-10H2,1H3;2-3H,1H3;;/q;-1;;;+1/t19-;13-;;;/m00.../s1. The Balaban J connectivity index is 0.000000298. The number of aliphatic hydroxyl groups is 2. The number of methoxy groups -OCH3 is 2. The molecule has 0 saturated carbocycles. The SMILES string of the molecule is CN1CC[C@@](O)(C#Cc2c[c-]ccc2)C1=O.COc1cc(Br)nc(-c2cccc(C#C[C@]3(O)CCN(C)C3=O)c2)c1.COc1cc(Br)nc(Br)c1.FB(F)F.[K+]. The van der Waals surface area contributed by atoms with Crippen molar-refractivity contribution >= 4 is 67.1 Å². The molecule has 2 aromatic heterocycles. The zero-order valence-corrected chi connectivity index (χ0v) is 38.8. The van der Waals surface area contributed by atoms with Crippen LogP contribution in [-0.4, -0.2) is 102 Å². The molecule has 2 saturated heterocycles. The van der Waals surface area contributed by atoms with Gasteiger partial charge < -0.3 is 29.5 Å². The minimum Gasteiger partial charge on any atom is -0.497 e. The molecule has 56 heavy (non-hydrogen) atoms. The van der Waals surface area contributed by atoms with Crippen LogP contribution >= 0.6 is 47.8 Å². The summed E-state index contributed by atoms with van der Waals surface area (Å²) in [5, 5.41) is 20.4. The molecular formula is C38H34BBr3F3KN4O6. The number of halogens is 6. The molecule has 0 radical (unpaired) electrons. The number of aromatic nitrogens is 2. The number of ether oxygens (including phenoxy) is 2. The van der Waals surface area contributed by atoms with Gasteiger partial charge in [0.1, 0.15) is 25.3 Å². The van der Waals surface area contributed by atoms with Crippen LogP contribution < -0.4 is 60.9 Å². The topological polar surface area (TPSA) is 125 Å². The molecule has 4 heterocycles. The van der Waals surface area contributed by atoms with E-state index in [1.165, 1.54) is 9.80 Å². The van der Waals surface area contributed by atoms with Gasteiger partial charge in [-0.2, -0.15) is 30.3 Å². The van der Waals surface area contributed by atoms with Crippen LogP contribution in [0.4, 0.5) is 12.9 Å². The van der Waals surface area contributed by atoms with Crippen molar-refractivity contribution in [1.82, 2.24) is 19.8 Å². The molecule has 0 unspecified atom stereocenters. The Hall–Kier alpha value is -2.75. The first kappa shape index (κ1) is 49.4. The third kappa shape index (κ3) is 15.5. The van der Waals surface area contributed by atoms with Crippen LogP contribution in [0.25, 0.3) is 11.3 Å². The maximum absolute atomic E-state index is 12.0. The summed E-state index contributed by atoms with van der Waals surface area (Å²) in [7, 11) is 2.88. The molecule has 2 amide bonds. The molecule has 0 bridgehead atoms. The molecule has 2 atom stereocenters. The van der Waals surface area contributed by atoms with Gasteiger partial charge in [-0.3, -0.25) is 22.5 Å². The summed E-state index contributed by atoms with van der Waals surface area (Å²) in [6, 6.07) is 24.7. The first-order chi connectivity index (χ1) is 26.0. The maximum atomic E-state index is 12.0. The predicted molar refractivity (Wildman–Crippen MR) is 213 cm³/mol. The number of carbonyl (C=O) groups excluding carboxylic acids is 2. The maximum Gasteiger partial charge on any atom is 1.00 e. The van der Waals surface area contributed by atoms with Crippen molar-refractivity contribution in [3.63, 3.8) is 0 Å². The summed E-state index contributed by atoms with van der Waals surface area (Å²) in [4.78, 5) is 35.1. The second-order valence-corrected chi connectivity index (χ2v) is 14.1. The Morgan fingerprint density at radius 1 is 0.768 bits per heavy atom. The van der Waals surface area contributed by atoms with E-state index in [2.05, 4.69) is 87.5 Å². The third-order valence-electron chi connectivity index (χ3n) is 7.69. The quantitative estimate of drug-likeness (QED) is 0.139. The van der Waals surface area contributed by atoms with E-state index in [1.54, 1.807) is 58.6 Å². The number of carbonyl (C=O) groups is 2. The van der Waals surface area contributed by atoms with Gasteiger partial charge in [0.15, 0.2) is 0 Å². The number of benzene rings is 2. The average molecular weight is 989 g/mol. The first-order valence-corrected chi connectivity index (χ1v) is 18.5. The Morgan fingerprint density at radius 3 is 1.68 bits per heavy atom. The largest absolute Gasteiger partial charge is 1.00 e. The molecule has 6 rings (SSSR count). The second kappa shape index (κ2) is 23.6. The van der Waals surface area contributed by atoms with Gasteiger partial charge >= 0.3 is 58.9 Å². The van der Waals surface area contributed by atoms with E-state index < -0.39 is 18.7 Å². The molecular weight excluding hydrogens is 955 g/mol. The van der Waals surface area contributed by atoms with Gasteiger partial charge in [-0.25, -0.2) is 9.97 Å². The van der Waals surface area contributed by atoms with Crippen molar-refractivity contribution in [1.29, 1.82) is 0 Å². The van der Waals surface area contributed by atoms with E-state index in [0.29, 0.717) is 41.8 Å². The summed E-state index contributed by atoms with van der Waals surface area (Å²) in [6.07, 6.45) is 0.686. The second-order valence-electron chi connectivity index (χ2n) is 11.7. The Bertz CT molecular complexity index is 2070. The van der Waals surface area contributed by atoms with Crippen LogP contribution in [0.3, 0.4) is 0 Å². The molecule has 4 aromatic rings. The third-order valence-corrected chi connectivity index (χ3v) is 8.91. The van der Waals surface area contributed by atoms with E-state index in [1.807, 2.05) is 42.5 Å². The molecule has 2 aromatic carbocycles. The number of likely N-dealkylation sites (tertiary alicyclic amines) is 2. The molecule has 0 aliphatic carbocycles. The van der Waals surface area contributed by atoms with Crippen LogP contribution in [0.5, 0.6) is 11.5 Å². The van der Waals surface area contributed by atoms with Gasteiger partial charge in [-0.05, 0) is 59.9 Å². The van der Waals surface area contributed by atoms with Gasteiger partial charge in [0.25, 0.3) is 11.8 Å². The molecule has 288 valence electrons. The van der Waals surface area contributed by atoms with E-state index in [4.69, 9.17) is 9.47 Å². The van der Waals surface area contributed by atoms with Crippen molar-refractivity contribution in [2.75, 3.05) is 41.4 Å². The van der Waals surface area contributed by atoms with E-state index in [0.717, 1.165) is 31.8 Å². The average Bonchev–Trinajstić information content (AvgIpc) is 3.57. The number of hydrogen-bond acceptors (Lipinski definition) is 8. The van der Waals surface area contributed by atoms with Crippen LogP contribution in [0.2, 0.25) is 0 Å². The van der Waals surface area contributed by atoms with Gasteiger partial charge in [0.2, 0.25) is 11.2 Å². The van der Waals surface area contributed by atoms with Crippen molar-refractivity contribution in [2.45, 2.75) is 24.0 Å². The monoisotopic (exact) mass is 986 g/mol. The van der Waals surface area contributed by atoms with Crippen molar-refractivity contribution in [3.05, 3.63) is 104 Å². The van der Waals surface area contributed by atoms with Gasteiger partial charge in [-0.15, -0.1) is 5.92 Å². The number of hydrogen-bond donors (Lipinski definition) is 2. The van der Waals surface area contributed by atoms with Gasteiger partial charge in [0.05, 0.1) is 19.9 Å². The minimum absolute atomic E-state index is 0. The van der Waals surface area contributed by atoms with Crippen molar-refractivity contribution in [3.8, 4) is 46.4 Å². The van der Waals surface area contributed by atoms with E-state index in [-0.39, 0.29) is 63.2 Å². The zero-order chi connectivity index (χ0) is 40.8. The molecule has 2 N–H and O–H groups in total. The molecule has 2 fully saturated rings. The van der Waals surface area contributed by atoms with Crippen LogP contribution in [0.1, 0.15) is 24.0 Å². The number of rotatable bonds is 3. The first-order valence-electron chi connectivity index (χ1n) is 16.1. The minimum atomic E-state index is -3.67. The molecule has 18 heteroatoms. The summed E-state index contributed by atoms with van der Waals surface area (Å²) in [5.41, 5.74) is -0.0436. The van der Waals surface area contributed by atoms with Crippen LogP contribution in [0, 0.1) is 29.7 Å². The fourth-order valence-corrected chi connectivity index (χ4v) is 6.31. The van der Waals surface area contributed by atoms with Crippen LogP contribution in [0.15, 0.2) is 86.6 Å². The number of likely N-dealkylation sites (N-methyl/N-ethyl adjacent to an activating group) is 2. The molecule has 2 aliphatic rings. The Kier molecular flexibility index (Phi) is 20.8. The van der Waals surface area contributed by atoms with Crippen molar-refractivity contribution < 1.29 is 93.6 Å². The summed E-state index contributed by atoms with van der Waals surface area (Å²) >= 11 is 9.84. The van der Waals surface area contributed by atoms with Crippen molar-refractivity contribution in [2.24, 2.45) is 0 Å². The normalized spacial score (nSPS) is 17.8. The molecule has 2 aliphatic heterocycles. The Morgan fingerprint density at radius 2 is 1.23 bits per heavy atom. The number of pyridine rings is 2. The fourth-order valence-electron chi connectivity index (χ4n) is 4.82.